The summed E-state index contributed by atoms with van der Waals surface area (Å²) in [6.07, 6.45) is 1.56. The van der Waals surface area contributed by atoms with E-state index in [9.17, 15) is 5.11 Å². The van der Waals surface area contributed by atoms with E-state index in [4.69, 9.17) is 17.0 Å². The summed E-state index contributed by atoms with van der Waals surface area (Å²) < 4.78 is 8.88. The molecule has 0 unspecified atom stereocenters. The highest BCUT2D eigenvalue weighted by atomic mass is 127. The number of ether oxygens (including phenoxy) is 1. The van der Waals surface area contributed by atoms with Gasteiger partial charge in [0.25, 0.3) is 0 Å². The number of H-pyrrole nitrogens is 1. The molecule has 9 heteroatoms. The number of aromatic nitrogens is 3. The van der Waals surface area contributed by atoms with Gasteiger partial charge < -0.3 is 9.84 Å². The third-order valence-electron chi connectivity index (χ3n) is 3.35. The van der Waals surface area contributed by atoms with Crippen LogP contribution in [-0.2, 0) is 0 Å². The van der Waals surface area contributed by atoms with Crippen molar-refractivity contribution in [1.82, 2.24) is 14.9 Å². The largest absolute Gasteiger partial charge is 0.506 e. The molecule has 2 N–H and O–H groups in total. The van der Waals surface area contributed by atoms with Crippen LogP contribution in [0.5, 0.6) is 11.5 Å². The Balaban J connectivity index is 2.05. The van der Waals surface area contributed by atoms with Crippen molar-refractivity contribution in [3.8, 4) is 22.9 Å². The monoisotopic (exact) mass is 578 g/mol. The van der Waals surface area contributed by atoms with E-state index in [0.29, 0.717) is 21.9 Å². The number of phenols is 1. The molecule has 0 atom stereocenters. The van der Waals surface area contributed by atoms with Gasteiger partial charge >= 0.3 is 0 Å². The zero-order valence-electron chi connectivity index (χ0n) is 12.9. The minimum absolute atomic E-state index is 0.183. The maximum Gasteiger partial charge on any atom is 0.216 e. The molecule has 0 aliphatic carbocycles. The minimum Gasteiger partial charge on any atom is -0.506 e. The number of phenolic OH excluding ortho intramolecular Hbond substituents is 1. The number of methoxy groups -OCH3 is 1. The standard InChI is InChI=1S/C16H12I2N4O2S/c1-24-12-4-2-3-9(6-12)15-20-21-16(25)22(15)19-8-10-5-11(17)7-13(18)14(10)23/h2-8,23H,1H3,(H,21,25)/b19-8-. The zero-order valence-corrected chi connectivity index (χ0v) is 18.0. The molecule has 0 fully saturated rings. The van der Waals surface area contributed by atoms with Crippen molar-refractivity contribution in [2.75, 3.05) is 7.11 Å². The van der Waals surface area contributed by atoms with Crippen LogP contribution >= 0.6 is 57.4 Å². The van der Waals surface area contributed by atoms with Gasteiger partial charge in [0.15, 0.2) is 5.82 Å². The Morgan fingerprint density at radius 3 is 2.88 bits per heavy atom. The van der Waals surface area contributed by atoms with Gasteiger partial charge in [-0.1, -0.05) is 12.1 Å². The van der Waals surface area contributed by atoms with Gasteiger partial charge in [-0.3, -0.25) is 0 Å². The fourth-order valence-corrected chi connectivity index (χ4v) is 4.22. The molecular weight excluding hydrogens is 566 g/mol. The van der Waals surface area contributed by atoms with Crippen molar-refractivity contribution < 1.29 is 9.84 Å². The highest BCUT2D eigenvalue weighted by molar-refractivity contribution is 14.1. The van der Waals surface area contributed by atoms with Crippen LogP contribution in [0.15, 0.2) is 41.5 Å². The van der Waals surface area contributed by atoms with E-state index < -0.39 is 0 Å². The number of nitrogens with zero attached hydrogens (tertiary/aromatic N) is 3. The summed E-state index contributed by atoms with van der Waals surface area (Å²) in [6.45, 7) is 0. The predicted octanol–water partition coefficient (Wildman–Crippen LogP) is 4.41. The van der Waals surface area contributed by atoms with Gasteiger partial charge in [-0.2, -0.15) is 14.9 Å². The average Bonchev–Trinajstić information content (AvgIpc) is 2.97. The van der Waals surface area contributed by atoms with Crippen molar-refractivity contribution in [2.24, 2.45) is 5.10 Å². The Morgan fingerprint density at radius 1 is 1.32 bits per heavy atom. The molecule has 128 valence electrons. The van der Waals surface area contributed by atoms with E-state index in [1.165, 1.54) is 4.68 Å². The van der Waals surface area contributed by atoms with Gasteiger partial charge in [-0.25, -0.2) is 5.10 Å². The highest BCUT2D eigenvalue weighted by Crippen LogP contribution is 2.26. The van der Waals surface area contributed by atoms with Crippen LogP contribution in [0.25, 0.3) is 11.4 Å². The van der Waals surface area contributed by atoms with E-state index in [2.05, 4.69) is 60.5 Å². The summed E-state index contributed by atoms with van der Waals surface area (Å²) in [5.41, 5.74) is 1.42. The van der Waals surface area contributed by atoms with Crippen LogP contribution in [0.2, 0.25) is 0 Å². The first-order valence-electron chi connectivity index (χ1n) is 7.04. The fourth-order valence-electron chi connectivity index (χ4n) is 2.15. The molecule has 0 saturated carbocycles. The Hall–Kier alpha value is -1.47. The lowest BCUT2D eigenvalue weighted by atomic mass is 10.2. The van der Waals surface area contributed by atoms with Crippen molar-refractivity contribution in [3.63, 3.8) is 0 Å². The number of benzene rings is 2. The second kappa shape index (κ2) is 7.83. The fraction of sp³-hybridized carbons (Fsp3) is 0.0625. The van der Waals surface area contributed by atoms with Gasteiger partial charge in [-0.15, -0.1) is 0 Å². The Morgan fingerprint density at radius 2 is 2.12 bits per heavy atom. The Bertz CT molecular complexity index is 1010. The molecule has 0 bridgehead atoms. The van der Waals surface area contributed by atoms with Crippen molar-refractivity contribution in [3.05, 3.63) is 53.9 Å². The van der Waals surface area contributed by atoms with Gasteiger partial charge in [0.2, 0.25) is 4.77 Å². The molecule has 0 radical (unpaired) electrons. The van der Waals surface area contributed by atoms with Crippen LogP contribution in [0, 0.1) is 11.9 Å². The minimum atomic E-state index is 0.183. The third-order valence-corrected chi connectivity index (χ3v) is 5.06. The Kier molecular flexibility index (Phi) is 5.74. The molecule has 0 spiro atoms. The number of aromatic amines is 1. The maximum absolute atomic E-state index is 10.2. The van der Waals surface area contributed by atoms with E-state index >= 15 is 0 Å². The number of halogens is 2. The SMILES string of the molecule is COc1cccc(-c2n[nH]c(=S)n2/N=C\c2cc(I)cc(I)c2O)c1. The second-order valence-corrected chi connectivity index (χ2v) is 7.76. The van der Waals surface area contributed by atoms with E-state index in [0.717, 1.165) is 12.7 Å². The predicted molar refractivity (Wildman–Crippen MR) is 116 cm³/mol. The smallest absolute Gasteiger partial charge is 0.216 e. The van der Waals surface area contributed by atoms with Crippen molar-refractivity contribution >= 4 is 63.6 Å². The summed E-state index contributed by atoms with van der Waals surface area (Å²) in [4.78, 5) is 0. The van der Waals surface area contributed by atoms with Gasteiger partial charge in [0.05, 0.1) is 16.9 Å². The average molecular weight is 578 g/mol. The number of rotatable bonds is 4. The molecule has 25 heavy (non-hydrogen) atoms. The molecule has 3 rings (SSSR count). The molecule has 0 aliphatic heterocycles. The molecule has 1 aromatic heterocycles. The van der Waals surface area contributed by atoms with E-state index in [1.54, 1.807) is 13.3 Å². The molecule has 2 aromatic carbocycles. The molecule has 1 heterocycles. The van der Waals surface area contributed by atoms with Gasteiger partial charge in [0, 0.05) is 14.7 Å². The first kappa shape index (κ1) is 18.3. The molecular formula is C16H12I2N4O2S. The first-order chi connectivity index (χ1) is 12.0. The lowest BCUT2D eigenvalue weighted by Crippen LogP contribution is -1.96. The Labute approximate surface area is 176 Å². The summed E-state index contributed by atoms with van der Waals surface area (Å²) in [7, 11) is 1.61. The van der Waals surface area contributed by atoms with Crippen LogP contribution in [0.1, 0.15) is 5.56 Å². The van der Waals surface area contributed by atoms with Gasteiger partial charge in [-0.05, 0) is 81.7 Å². The molecule has 0 aliphatic rings. The lowest BCUT2D eigenvalue weighted by molar-refractivity contribution is 0.415. The zero-order chi connectivity index (χ0) is 18.0. The summed E-state index contributed by atoms with van der Waals surface area (Å²) >= 11 is 9.55. The number of hydrogen-bond acceptors (Lipinski definition) is 5. The summed E-state index contributed by atoms with van der Waals surface area (Å²) in [5, 5.41) is 21.6. The summed E-state index contributed by atoms with van der Waals surface area (Å²) in [5.74, 6) is 1.45. The van der Waals surface area contributed by atoms with Crippen LogP contribution in [0.3, 0.4) is 0 Å². The summed E-state index contributed by atoms with van der Waals surface area (Å²) in [6, 6.07) is 11.2. The van der Waals surface area contributed by atoms with Crippen LogP contribution in [0.4, 0.5) is 0 Å². The molecule has 3 aromatic rings. The van der Waals surface area contributed by atoms with Crippen LogP contribution < -0.4 is 4.74 Å². The number of aromatic hydroxyl groups is 1. The van der Waals surface area contributed by atoms with Crippen molar-refractivity contribution in [1.29, 1.82) is 0 Å². The van der Waals surface area contributed by atoms with E-state index in [-0.39, 0.29) is 5.75 Å². The van der Waals surface area contributed by atoms with E-state index in [1.807, 2.05) is 36.4 Å². The highest BCUT2D eigenvalue weighted by Gasteiger charge is 2.10. The maximum atomic E-state index is 10.2. The van der Waals surface area contributed by atoms with Gasteiger partial charge in [0.1, 0.15) is 11.5 Å². The first-order valence-corrected chi connectivity index (χ1v) is 9.60. The lowest BCUT2D eigenvalue weighted by Gasteiger charge is -2.05. The topological polar surface area (TPSA) is 75.4 Å². The quantitative estimate of drug-likeness (QED) is 0.274. The van der Waals surface area contributed by atoms with Crippen molar-refractivity contribution in [2.45, 2.75) is 0 Å². The second-order valence-electron chi connectivity index (χ2n) is 4.97. The molecule has 0 saturated heterocycles. The number of hydrogen-bond donors (Lipinski definition) is 2. The normalized spacial score (nSPS) is 11.2. The molecule has 6 nitrogen and oxygen atoms in total. The third kappa shape index (κ3) is 4.03. The molecule has 0 amide bonds. The number of nitrogens with one attached hydrogen (secondary N) is 1. The van der Waals surface area contributed by atoms with Crippen LogP contribution in [-0.4, -0.2) is 33.3 Å².